The molecule has 1 aromatic rings. The van der Waals surface area contributed by atoms with Gasteiger partial charge in [-0.2, -0.15) is 0 Å². The molecule has 1 aliphatic heterocycles. The van der Waals surface area contributed by atoms with Gasteiger partial charge in [-0.3, -0.25) is 9.69 Å². The van der Waals surface area contributed by atoms with E-state index in [1.165, 1.54) is 0 Å². The van der Waals surface area contributed by atoms with Gasteiger partial charge in [0.25, 0.3) is 0 Å². The molecule has 1 aromatic carbocycles. The van der Waals surface area contributed by atoms with Crippen LogP contribution in [-0.2, 0) is 4.79 Å². The zero-order valence-corrected chi connectivity index (χ0v) is 13.1. The van der Waals surface area contributed by atoms with E-state index in [0.29, 0.717) is 12.6 Å². The second kappa shape index (κ2) is 7.43. The van der Waals surface area contributed by atoms with E-state index in [2.05, 4.69) is 29.2 Å². The van der Waals surface area contributed by atoms with Crippen molar-refractivity contribution in [3.8, 4) is 5.75 Å². The van der Waals surface area contributed by atoms with Crippen molar-refractivity contribution in [2.45, 2.75) is 18.9 Å². The van der Waals surface area contributed by atoms with Crippen LogP contribution in [0.25, 0.3) is 0 Å². The van der Waals surface area contributed by atoms with Gasteiger partial charge in [0.15, 0.2) is 0 Å². The maximum absolute atomic E-state index is 12.1. The summed E-state index contributed by atoms with van der Waals surface area (Å²) in [6, 6.07) is 8.08. The second-order valence-electron chi connectivity index (χ2n) is 5.75. The number of hydrogen-bond acceptors (Lipinski definition) is 4. The number of nitrogens with one attached hydrogen (secondary N) is 1. The number of likely N-dealkylation sites (tertiary alicyclic amines) is 1. The van der Waals surface area contributed by atoms with Crippen molar-refractivity contribution in [2.75, 3.05) is 46.2 Å². The molecular formula is C16H25N3O2. The van der Waals surface area contributed by atoms with E-state index >= 15 is 0 Å². The number of benzene rings is 1. The van der Waals surface area contributed by atoms with Gasteiger partial charge < -0.3 is 15.0 Å². The molecule has 1 heterocycles. The third-order valence-electron chi connectivity index (χ3n) is 4.01. The van der Waals surface area contributed by atoms with Crippen LogP contribution in [0.1, 0.15) is 12.8 Å². The fraction of sp³-hybridized carbons (Fsp3) is 0.562. The van der Waals surface area contributed by atoms with Gasteiger partial charge in [-0.05, 0) is 39.1 Å². The van der Waals surface area contributed by atoms with Crippen LogP contribution in [0.2, 0.25) is 0 Å². The molecule has 0 spiro atoms. The standard InChI is InChI=1S/C16H25N3O2/c1-18(2)14-7-9-19(10-8-14)12-16(20)17-13-5-4-6-15(11-13)21-3/h4-6,11,14H,7-10,12H2,1-3H3,(H,17,20). The lowest BCUT2D eigenvalue weighted by Crippen LogP contribution is -2.44. The molecule has 0 aliphatic carbocycles. The third kappa shape index (κ3) is 4.72. The molecule has 0 radical (unpaired) electrons. The molecule has 0 aromatic heterocycles. The molecule has 0 saturated carbocycles. The summed E-state index contributed by atoms with van der Waals surface area (Å²) >= 11 is 0. The lowest BCUT2D eigenvalue weighted by atomic mass is 10.0. The van der Waals surface area contributed by atoms with E-state index in [-0.39, 0.29) is 5.91 Å². The molecule has 21 heavy (non-hydrogen) atoms. The summed E-state index contributed by atoms with van der Waals surface area (Å²) in [5.74, 6) is 0.783. The van der Waals surface area contributed by atoms with Crippen molar-refractivity contribution in [3.63, 3.8) is 0 Å². The van der Waals surface area contributed by atoms with Crippen LogP contribution in [0.3, 0.4) is 0 Å². The number of methoxy groups -OCH3 is 1. The number of ether oxygens (including phenoxy) is 1. The first-order valence-corrected chi connectivity index (χ1v) is 7.41. The molecule has 5 heteroatoms. The van der Waals surface area contributed by atoms with E-state index in [1.807, 2.05) is 24.3 Å². The number of anilines is 1. The van der Waals surface area contributed by atoms with Gasteiger partial charge in [-0.1, -0.05) is 6.07 Å². The van der Waals surface area contributed by atoms with Crippen molar-refractivity contribution < 1.29 is 9.53 Å². The van der Waals surface area contributed by atoms with E-state index in [4.69, 9.17) is 4.74 Å². The van der Waals surface area contributed by atoms with Crippen molar-refractivity contribution in [1.29, 1.82) is 0 Å². The Hall–Kier alpha value is -1.59. The fourth-order valence-corrected chi connectivity index (χ4v) is 2.70. The van der Waals surface area contributed by atoms with Gasteiger partial charge in [-0.25, -0.2) is 0 Å². The minimum atomic E-state index is 0.0338. The highest BCUT2D eigenvalue weighted by atomic mass is 16.5. The van der Waals surface area contributed by atoms with E-state index in [0.717, 1.165) is 37.4 Å². The summed E-state index contributed by atoms with van der Waals surface area (Å²) in [6.07, 6.45) is 2.25. The molecule has 5 nitrogen and oxygen atoms in total. The minimum Gasteiger partial charge on any atom is -0.497 e. The van der Waals surface area contributed by atoms with Gasteiger partial charge in [0.05, 0.1) is 13.7 Å². The molecule has 1 fully saturated rings. The molecule has 1 aliphatic rings. The fourth-order valence-electron chi connectivity index (χ4n) is 2.70. The maximum Gasteiger partial charge on any atom is 0.238 e. The molecule has 1 amide bonds. The molecule has 116 valence electrons. The van der Waals surface area contributed by atoms with E-state index in [9.17, 15) is 4.79 Å². The first kappa shape index (κ1) is 15.8. The van der Waals surface area contributed by atoms with Gasteiger partial charge in [0, 0.05) is 30.9 Å². The monoisotopic (exact) mass is 291 g/mol. The molecular weight excluding hydrogens is 266 g/mol. The summed E-state index contributed by atoms with van der Waals surface area (Å²) in [6.45, 7) is 2.42. The van der Waals surface area contributed by atoms with E-state index in [1.54, 1.807) is 7.11 Å². The highest BCUT2D eigenvalue weighted by molar-refractivity contribution is 5.92. The molecule has 0 unspecified atom stereocenters. The number of hydrogen-bond donors (Lipinski definition) is 1. The van der Waals surface area contributed by atoms with Gasteiger partial charge in [-0.15, -0.1) is 0 Å². The zero-order chi connectivity index (χ0) is 15.2. The third-order valence-corrected chi connectivity index (χ3v) is 4.01. The number of amides is 1. The van der Waals surface area contributed by atoms with Crippen LogP contribution in [-0.4, -0.2) is 62.6 Å². The normalized spacial score (nSPS) is 17.0. The summed E-state index contributed by atoms with van der Waals surface area (Å²) in [5.41, 5.74) is 0.780. The average Bonchev–Trinajstić information content (AvgIpc) is 2.47. The van der Waals surface area contributed by atoms with Crippen molar-refractivity contribution in [3.05, 3.63) is 24.3 Å². The van der Waals surface area contributed by atoms with Crippen LogP contribution in [0.15, 0.2) is 24.3 Å². The lowest BCUT2D eigenvalue weighted by Gasteiger charge is -2.34. The lowest BCUT2D eigenvalue weighted by molar-refractivity contribution is -0.117. The Bertz CT molecular complexity index is 468. The molecule has 0 bridgehead atoms. The van der Waals surface area contributed by atoms with Gasteiger partial charge in [0.2, 0.25) is 5.91 Å². The quantitative estimate of drug-likeness (QED) is 0.896. The number of piperidine rings is 1. The molecule has 2 rings (SSSR count). The first-order chi connectivity index (χ1) is 10.1. The number of carbonyl (C=O) groups excluding carboxylic acids is 1. The zero-order valence-electron chi connectivity index (χ0n) is 13.1. The Labute approximate surface area is 126 Å². The summed E-state index contributed by atoms with van der Waals surface area (Å²) in [5, 5.41) is 2.93. The molecule has 1 N–H and O–H groups in total. The van der Waals surface area contributed by atoms with Crippen LogP contribution >= 0.6 is 0 Å². The number of rotatable bonds is 5. The summed E-state index contributed by atoms with van der Waals surface area (Å²) in [7, 11) is 5.86. The Morgan fingerprint density at radius 2 is 2.10 bits per heavy atom. The van der Waals surface area contributed by atoms with Crippen molar-refractivity contribution >= 4 is 11.6 Å². The average molecular weight is 291 g/mol. The molecule has 0 atom stereocenters. The maximum atomic E-state index is 12.1. The van der Waals surface area contributed by atoms with Crippen molar-refractivity contribution in [2.24, 2.45) is 0 Å². The van der Waals surface area contributed by atoms with Gasteiger partial charge >= 0.3 is 0 Å². The smallest absolute Gasteiger partial charge is 0.238 e. The Morgan fingerprint density at radius 1 is 1.38 bits per heavy atom. The highest BCUT2D eigenvalue weighted by Crippen LogP contribution is 2.17. The molecule has 1 saturated heterocycles. The van der Waals surface area contributed by atoms with Crippen LogP contribution in [0, 0.1) is 0 Å². The SMILES string of the molecule is COc1cccc(NC(=O)CN2CCC(N(C)C)CC2)c1. The predicted octanol–water partition coefficient (Wildman–Crippen LogP) is 1.66. The predicted molar refractivity (Wildman–Crippen MR) is 84.8 cm³/mol. The van der Waals surface area contributed by atoms with E-state index < -0.39 is 0 Å². The first-order valence-electron chi connectivity index (χ1n) is 7.41. The highest BCUT2D eigenvalue weighted by Gasteiger charge is 2.21. The number of carbonyl (C=O) groups is 1. The Balaban J connectivity index is 1.80. The Morgan fingerprint density at radius 3 is 2.71 bits per heavy atom. The number of nitrogens with zero attached hydrogens (tertiary/aromatic N) is 2. The topological polar surface area (TPSA) is 44.8 Å². The Kier molecular flexibility index (Phi) is 5.59. The van der Waals surface area contributed by atoms with Crippen LogP contribution in [0.4, 0.5) is 5.69 Å². The van der Waals surface area contributed by atoms with Crippen LogP contribution in [0.5, 0.6) is 5.75 Å². The summed E-state index contributed by atoms with van der Waals surface area (Å²) < 4.78 is 5.15. The van der Waals surface area contributed by atoms with Gasteiger partial charge in [0.1, 0.15) is 5.75 Å². The summed E-state index contributed by atoms with van der Waals surface area (Å²) in [4.78, 5) is 16.6. The van der Waals surface area contributed by atoms with Crippen molar-refractivity contribution in [1.82, 2.24) is 9.80 Å². The minimum absolute atomic E-state index is 0.0338. The second-order valence-corrected chi connectivity index (χ2v) is 5.75. The largest absolute Gasteiger partial charge is 0.497 e. The van der Waals surface area contributed by atoms with Crippen LogP contribution < -0.4 is 10.1 Å².